The second kappa shape index (κ2) is 4.85. The molecule has 0 aromatic heterocycles. The maximum absolute atomic E-state index is 5.38. The van der Waals surface area contributed by atoms with Gasteiger partial charge in [-0.1, -0.05) is 12.1 Å². The van der Waals surface area contributed by atoms with Gasteiger partial charge < -0.3 is 15.0 Å². The molecule has 1 aliphatic heterocycles. The van der Waals surface area contributed by atoms with Crippen LogP contribution in [0.5, 0.6) is 5.75 Å². The molecule has 1 unspecified atom stereocenters. The molecular formula is C13H20N2O. The van der Waals surface area contributed by atoms with Gasteiger partial charge in [0.25, 0.3) is 0 Å². The molecule has 88 valence electrons. The zero-order valence-corrected chi connectivity index (χ0v) is 10.3. The summed E-state index contributed by atoms with van der Waals surface area (Å²) in [6, 6.07) is 6.87. The van der Waals surface area contributed by atoms with Crippen LogP contribution in [0, 0.1) is 0 Å². The summed E-state index contributed by atoms with van der Waals surface area (Å²) in [5, 5.41) is 3.56. The Hall–Kier alpha value is -1.06. The molecule has 0 saturated heterocycles. The molecule has 0 aliphatic carbocycles. The number of hydrogen-bond acceptors (Lipinski definition) is 3. The summed E-state index contributed by atoms with van der Waals surface area (Å²) in [6.07, 6.45) is 1.09. The molecule has 3 heteroatoms. The molecule has 0 spiro atoms. The Kier molecular flexibility index (Phi) is 3.46. The molecule has 1 aliphatic rings. The molecule has 1 atom stereocenters. The van der Waals surface area contributed by atoms with E-state index in [4.69, 9.17) is 4.74 Å². The highest BCUT2D eigenvalue weighted by atomic mass is 16.5. The quantitative estimate of drug-likeness (QED) is 0.830. The maximum atomic E-state index is 5.38. The number of nitrogens with zero attached hydrogens (tertiary/aromatic N) is 1. The van der Waals surface area contributed by atoms with Gasteiger partial charge in [0.1, 0.15) is 5.75 Å². The van der Waals surface area contributed by atoms with Crippen molar-refractivity contribution >= 4 is 0 Å². The number of fused-ring (bicyclic) bond motifs is 1. The average Bonchev–Trinajstić information content (AvgIpc) is 2.27. The minimum absolute atomic E-state index is 0.551. The summed E-state index contributed by atoms with van der Waals surface area (Å²) in [4.78, 5) is 2.23. The molecule has 0 fully saturated rings. The van der Waals surface area contributed by atoms with Crippen molar-refractivity contribution in [3.63, 3.8) is 0 Å². The molecule has 0 amide bonds. The second-order valence-corrected chi connectivity index (χ2v) is 4.64. The molecule has 1 N–H and O–H groups in total. The van der Waals surface area contributed by atoms with E-state index in [-0.39, 0.29) is 0 Å². The zero-order valence-electron chi connectivity index (χ0n) is 10.3. The zero-order chi connectivity index (χ0) is 11.5. The Morgan fingerprint density at radius 1 is 1.44 bits per heavy atom. The van der Waals surface area contributed by atoms with Gasteiger partial charge in [0, 0.05) is 24.7 Å². The van der Waals surface area contributed by atoms with Crippen LogP contribution in [0.1, 0.15) is 11.1 Å². The molecular weight excluding hydrogens is 200 g/mol. The summed E-state index contributed by atoms with van der Waals surface area (Å²) in [6.45, 7) is 1.99. The van der Waals surface area contributed by atoms with Crippen LogP contribution >= 0.6 is 0 Å². The largest absolute Gasteiger partial charge is 0.496 e. The van der Waals surface area contributed by atoms with Crippen molar-refractivity contribution < 1.29 is 4.74 Å². The van der Waals surface area contributed by atoms with E-state index in [1.807, 2.05) is 6.07 Å². The van der Waals surface area contributed by atoms with Gasteiger partial charge in [-0.05, 0) is 32.1 Å². The van der Waals surface area contributed by atoms with Crippen molar-refractivity contribution in [2.24, 2.45) is 0 Å². The van der Waals surface area contributed by atoms with Gasteiger partial charge in [0.05, 0.1) is 7.11 Å². The van der Waals surface area contributed by atoms with Crippen LogP contribution in [0.2, 0.25) is 0 Å². The Balaban J connectivity index is 2.15. The highest BCUT2D eigenvalue weighted by Crippen LogP contribution is 2.26. The van der Waals surface area contributed by atoms with E-state index < -0.39 is 0 Å². The Labute approximate surface area is 97.4 Å². The second-order valence-electron chi connectivity index (χ2n) is 4.64. The fourth-order valence-electron chi connectivity index (χ4n) is 2.35. The smallest absolute Gasteiger partial charge is 0.123 e. The van der Waals surface area contributed by atoms with Crippen LogP contribution in [0.15, 0.2) is 18.2 Å². The number of hydrogen-bond donors (Lipinski definition) is 1. The van der Waals surface area contributed by atoms with Crippen LogP contribution in [0.25, 0.3) is 0 Å². The number of methoxy groups -OCH3 is 1. The SMILES string of the molecule is COc1cccc2c1CNC(CN(C)C)C2. The van der Waals surface area contributed by atoms with E-state index in [1.54, 1.807) is 7.11 Å². The van der Waals surface area contributed by atoms with Crippen molar-refractivity contribution in [1.82, 2.24) is 10.2 Å². The lowest BCUT2D eigenvalue weighted by Crippen LogP contribution is -2.42. The van der Waals surface area contributed by atoms with E-state index >= 15 is 0 Å². The Morgan fingerprint density at radius 3 is 2.94 bits per heavy atom. The molecule has 0 saturated carbocycles. The standard InChI is InChI=1S/C13H20N2O/c1-15(2)9-11-7-10-5-4-6-13(16-3)12(10)8-14-11/h4-6,11,14H,7-9H2,1-3H3. The topological polar surface area (TPSA) is 24.5 Å². The summed E-state index contributed by atoms with van der Waals surface area (Å²) in [5.41, 5.74) is 2.74. The molecule has 3 nitrogen and oxygen atoms in total. The molecule has 0 radical (unpaired) electrons. The van der Waals surface area contributed by atoms with Gasteiger partial charge in [-0.2, -0.15) is 0 Å². The minimum Gasteiger partial charge on any atom is -0.496 e. The fraction of sp³-hybridized carbons (Fsp3) is 0.538. The highest BCUT2D eigenvalue weighted by molar-refractivity contribution is 5.42. The van der Waals surface area contributed by atoms with Crippen molar-refractivity contribution in [1.29, 1.82) is 0 Å². The molecule has 1 heterocycles. The van der Waals surface area contributed by atoms with Gasteiger partial charge in [-0.3, -0.25) is 0 Å². The fourth-order valence-corrected chi connectivity index (χ4v) is 2.35. The summed E-state index contributed by atoms with van der Waals surface area (Å²) in [7, 11) is 5.97. The monoisotopic (exact) mass is 220 g/mol. The van der Waals surface area contributed by atoms with Gasteiger partial charge in [0.15, 0.2) is 0 Å². The van der Waals surface area contributed by atoms with Gasteiger partial charge in [-0.25, -0.2) is 0 Å². The van der Waals surface area contributed by atoms with Crippen molar-refractivity contribution in [3.8, 4) is 5.75 Å². The predicted molar refractivity (Wildman–Crippen MR) is 65.9 cm³/mol. The lowest BCUT2D eigenvalue weighted by Gasteiger charge is -2.29. The van der Waals surface area contributed by atoms with Gasteiger partial charge in [-0.15, -0.1) is 0 Å². The van der Waals surface area contributed by atoms with Crippen LogP contribution in [0.3, 0.4) is 0 Å². The summed E-state index contributed by atoms with van der Waals surface area (Å²) < 4.78 is 5.38. The number of ether oxygens (including phenoxy) is 1. The lowest BCUT2D eigenvalue weighted by molar-refractivity contribution is 0.322. The van der Waals surface area contributed by atoms with Crippen molar-refractivity contribution in [2.45, 2.75) is 19.0 Å². The number of rotatable bonds is 3. The van der Waals surface area contributed by atoms with Gasteiger partial charge >= 0.3 is 0 Å². The normalized spacial score (nSPS) is 19.6. The first kappa shape index (κ1) is 11.4. The molecule has 1 aromatic carbocycles. The van der Waals surface area contributed by atoms with Crippen LogP contribution in [-0.4, -0.2) is 38.7 Å². The number of likely N-dealkylation sites (N-methyl/N-ethyl adjacent to an activating group) is 1. The summed E-state index contributed by atoms with van der Waals surface area (Å²) >= 11 is 0. The van der Waals surface area contributed by atoms with Crippen molar-refractivity contribution in [2.75, 3.05) is 27.7 Å². The highest BCUT2D eigenvalue weighted by Gasteiger charge is 2.20. The van der Waals surface area contributed by atoms with Crippen LogP contribution in [0.4, 0.5) is 0 Å². The molecule has 0 bridgehead atoms. The minimum atomic E-state index is 0.551. The third-order valence-corrected chi connectivity index (χ3v) is 3.07. The first-order valence-corrected chi connectivity index (χ1v) is 5.73. The predicted octanol–water partition coefficient (Wildman–Crippen LogP) is 1.27. The van der Waals surface area contributed by atoms with Crippen molar-refractivity contribution in [3.05, 3.63) is 29.3 Å². The average molecular weight is 220 g/mol. The number of nitrogens with one attached hydrogen (secondary N) is 1. The maximum Gasteiger partial charge on any atom is 0.123 e. The van der Waals surface area contributed by atoms with E-state index in [0.29, 0.717) is 6.04 Å². The molecule has 1 aromatic rings. The summed E-state index contributed by atoms with van der Waals surface area (Å²) in [5.74, 6) is 1.01. The van der Waals surface area contributed by atoms with Crippen LogP contribution in [-0.2, 0) is 13.0 Å². The molecule has 2 rings (SSSR count). The Bertz CT molecular complexity index is 363. The van der Waals surface area contributed by atoms with E-state index in [2.05, 4.69) is 36.4 Å². The lowest BCUT2D eigenvalue weighted by atomic mass is 9.95. The Morgan fingerprint density at radius 2 is 2.25 bits per heavy atom. The first-order valence-electron chi connectivity index (χ1n) is 5.73. The van der Waals surface area contributed by atoms with E-state index in [0.717, 1.165) is 25.3 Å². The van der Waals surface area contributed by atoms with Gasteiger partial charge in [0.2, 0.25) is 0 Å². The first-order chi connectivity index (χ1) is 7.70. The van der Waals surface area contributed by atoms with Crippen LogP contribution < -0.4 is 10.1 Å². The number of benzene rings is 1. The third-order valence-electron chi connectivity index (χ3n) is 3.07. The van der Waals surface area contributed by atoms with E-state index in [9.17, 15) is 0 Å². The third kappa shape index (κ3) is 2.36. The molecule has 16 heavy (non-hydrogen) atoms. The van der Waals surface area contributed by atoms with E-state index in [1.165, 1.54) is 11.1 Å².